The average molecular weight is 241 g/mol. The van der Waals surface area contributed by atoms with E-state index in [4.69, 9.17) is 11.6 Å². The molecule has 1 nitrogen and oxygen atoms in total. The van der Waals surface area contributed by atoms with E-state index in [0.717, 1.165) is 19.3 Å². The molecule has 1 atom stereocenters. The highest BCUT2D eigenvalue weighted by atomic mass is 35.5. The number of hydrogen-bond donors (Lipinski definition) is 0. The fraction of sp³-hybridized carbons (Fsp3) is 0.462. The molecule has 3 heteroatoms. The van der Waals surface area contributed by atoms with Gasteiger partial charge in [0, 0.05) is 11.5 Å². The third kappa shape index (κ3) is 1.86. The summed E-state index contributed by atoms with van der Waals surface area (Å²) in [5, 5.41) is 0.129. The van der Waals surface area contributed by atoms with Crippen molar-refractivity contribution in [2.45, 2.75) is 32.6 Å². The SMILES string of the molecule is CCCCC1Cc2c(ccc(F)c2Cl)C1=O. The highest BCUT2D eigenvalue weighted by Gasteiger charge is 2.32. The van der Waals surface area contributed by atoms with Gasteiger partial charge in [0.25, 0.3) is 0 Å². The van der Waals surface area contributed by atoms with Gasteiger partial charge in [-0.1, -0.05) is 31.4 Å². The Bertz CT molecular complexity index is 428. The quantitative estimate of drug-likeness (QED) is 0.780. The molecule has 0 N–H and O–H groups in total. The monoisotopic (exact) mass is 240 g/mol. The summed E-state index contributed by atoms with van der Waals surface area (Å²) >= 11 is 5.88. The van der Waals surface area contributed by atoms with Crippen molar-refractivity contribution in [2.75, 3.05) is 0 Å². The molecular formula is C13H14ClFO. The summed E-state index contributed by atoms with van der Waals surface area (Å²) in [6.45, 7) is 2.10. The number of hydrogen-bond acceptors (Lipinski definition) is 1. The Kier molecular flexibility index (Phi) is 3.29. The maximum Gasteiger partial charge on any atom is 0.166 e. The molecule has 0 fully saturated rings. The molecule has 86 valence electrons. The lowest BCUT2D eigenvalue weighted by Crippen LogP contribution is -2.08. The van der Waals surface area contributed by atoms with E-state index in [1.165, 1.54) is 6.07 Å². The molecule has 0 aromatic heterocycles. The number of carbonyl (C=O) groups excluding carboxylic acids is 1. The van der Waals surface area contributed by atoms with Crippen LogP contribution in [-0.4, -0.2) is 5.78 Å². The Morgan fingerprint density at radius 1 is 1.50 bits per heavy atom. The molecule has 2 rings (SSSR count). The van der Waals surface area contributed by atoms with Crippen molar-refractivity contribution in [3.05, 3.63) is 34.1 Å². The van der Waals surface area contributed by atoms with Crippen LogP contribution in [0.2, 0.25) is 5.02 Å². The number of halogens is 2. The summed E-state index contributed by atoms with van der Waals surface area (Å²) in [4.78, 5) is 12.0. The van der Waals surface area contributed by atoms with Crippen molar-refractivity contribution in [2.24, 2.45) is 5.92 Å². The summed E-state index contributed by atoms with van der Waals surface area (Å²) < 4.78 is 13.2. The van der Waals surface area contributed by atoms with E-state index >= 15 is 0 Å². The Morgan fingerprint density at radius 3 is 2.94 bits per heavy atom. The first-order valence-corrected chi connectivity index (χ1v) is 6.04. The lowest BCUT2D eigenvalue weighted by molar-refractivity contribution is 0.0929. The minimum Gasteiger partial charge on any atom is -0.294 e. The molecule has 16 heavy (non-hydrogen) atoms. The van der Waals surface area contributed by atoms with Gasteiger partial charge < -0.3 is 0 Å². The Hall–Kier alpha value is -0.890. The number of benzene rings is 1. The van der Waals surface area contributed by atoms with E-state index in [9.17, 15) is 9.18 Å². The van der Waals surface area contributed by atoms with Crippen LogP contribution in [0.5, 0.6) is 0 Å². The first kappa shape index (κ1) is 11.6. The second-order valence-corrected chi connectivity index (χ2v) is 4.67. The van der Waals surface area contributed by atoms with Crippen molar-refractivity contribution in [1.82, 2.24) is 0 Å². The number of unbranched alkanes of at least 4 members (excludes halogenated alkanes) is 1. The van der Waals surface area contributed by atoms with E-state index in [-0.39, 0.29) is 16.7 Å². The second-order valence-electron chi connectivity index (χ2n) is 4.30. The maximum atomic E-state index is 13.2. The topological polar surface area (TPSA) is 17.1 Å². The number of Topliss-reactive ketones (excluding diaryl/α,β-unsaturated/α-hetero) is 1. The van der Waals surface area contributed by atoms with Gasteiger partial charge in [0.2, 0.25) is 0 Å². The van der Waals surface area contributed by atoms with Gasteiger partial charge >= 0.3 is 0 Å². The Morgan fingerprint density at radius 2 is 2.25 bits per heavy atom. The summed E-state index contributed by atoms with van der Waals surface area (Å²) in [6.07, 6.45) is 3.58. The molecule has 1 aromatic carbocycles. The summed E-state index contributed by atoms with van der Waals surface area (Å²) in [7, 11) is 0. The number of carbonyl (C=O) groups is 1. The van der Waals surface area contributed by atoms with Gasteiger partial charge in [-0.25, -0.2) is 4.39 Å². The molecule has 1 aliphatic carbocycles. The van der Waals surface area contributed by atoms with Crippen LogP contribution in [0, 0.1) is 11.7 Å². The second kappa shape index (κ2) is 4.54. The number of rotatable bonds is 3. The van der Waals surface area contributed by atoms with Crippen molar-refractivity contribution in [3.8, 4) is 0 Å². The van der Waals surface area contributed by atoms with Crippen molar-refractivity contribution < 1.29 is 9.18 Å². The van der Waals surface area contributed by atoms with Crippen LogP contribution in [-0.2, 0) is 6.42 Å². The molecule has 0 spiro atoms. The molecule has 0 saturated heterocycles. The first-order valence-electron chi connectivity index (χ1n) is 5.66. The standard InChI is InChI=1S/C13H14ClFO/c1-2-3-4-8-7-10-9(13(8)16)5-6-11(15)12(10)14/h5-6,8H,2-4,7H2,1H3. The predicted molar refractivity (Wildman–Crippen MR) is 62.5 cm³/mol. The molecular weight excluding hydrogens is 227 g/mol. The molecule has 0 heterocycles. The zero-order valence-electron chi connectivity index (χ0n) is 9.22. The van der Waals surface area contributed by atoms with Gasteiger partial charge in [0.1, 0.15) is 5.82 Å². The predicted octanol–water partition coefficient (Wildman–Crippen LogP) is 4.02. The number of ketones is 1. The zero-order valence-corrected chi connectivity index (χ0v) is 9.98. The number of fused-ring (bicyclic) bond motifs is 1. The third-order valence-electron chi connectivity index (χ3n) is 3.19. The minimum absolute atomic E-state index is 0.00856. The van der Waals surface area contributed by atoms with E-state index in [2.05, 4.69) is 6.92 Å². The molecule has 0 bridgehead atoms. The highest BCUT2D eigenvalue weighted by Crippen LogP contribution is 2.35. The fourth-order valence-electron chi connectivity index (χ4n) is 2.27. The minimum atomic E-state index is -0.427. The molecule has 1 aliphatic rings. The van der Waals surface area contributed by atoms with Gasteiger partial charge in [0.05, 0.1) is 5.02 Å². The van der Waals surface area contributed by atoms with Crippen molar-refractivity contribution in [3.63, 3.8) is 0 Å². The van der Waals surface area contributed by atoms with Crippen LogP contribution in [0.25, 0.3) is 0 Å². The van der Waals surface area contributed by atoms with Crippen LogP contribution < -0.4 is 0 Å². The van der Waals surface area contributed by atoms with E-state index in [1.54, 1.807) is 6.07 Å². The fourth-order valence-corrected chi connectivity index (χ4v) is 2.51. The maximum absolute atomic E-state index is 13.2. The third-order valence-corrected chi connectivity index (χ3v) is 3.60. The summed E-state index contributed by atoms with van der Waals surface area (Å²) in [5.41, 5.74) is 1.32. The summed E-state index contributed by atoms with van der Waals surface area (Å²) in [6, 6.07) is 2.84. The average Bonchev–Trinajstić information content (AvgIpc) is 2.59. The molecule has 1 unspecified atom stereocenters. The van der Waals surface area contributed by atoms with Crippen LogP contribution in [0.3, 0.4) is 0 Å². The normalized spacial score (nSPS) is 18.9. The molecule has 0 aliphatic heterocycles. The van der Waals surface area contributed by atoms with Crippen LogP contribution in [0.1, 0.15) is 42.1 Å². The summed E-state index contributed by atoms with van der Waals surface area (Å²) in [5.74, 6) is -0.288. The molecule has 0 radical (unpaired) electrons. The van der Waals surface area contributed by atoms with Crippen LogP contribution in [0.15, 0.2) is 12.1 Å². The van der Waals surface area contributed by atoms with Crippen LogP contribution >= 0.6 is 11.6 Å². The van der Waals surface area contributed by atoms with Crippen LogP contribution in [0.4, 0.5) is 4.39 Å². The van der Waals surface area contributed by atoms with Gasteiger partial charge in [-0.3, -0.25) is 4.79 Å². The van der Waals surface area contributed by atoms with Gasteiger partial charge in [0.15, 0.2) is 5.78 Å². The Labute approximate surface area is 99.6 Å². The largest absolute Gasteiger partial charge is 0.294 e. The molecule has 0 saturated carbocycles. The highest BCUT2D eigenvalue weighted by molar-refractivity contribution is 6.32. The van der Waals surface area contributed by atoms with Gasteiger partial charge in [-0.2, -0.15) is 0 Å². The van der Waals surface area contributed by atoms with Gasteiger partial charge in [-0.15, -0.1) is 0 Å². The zero-order chi connectivity index (χ0) is 11.7. The van der Waals surface area contributed by atoms with E-state index in [0.29, 0.717) is 17.5 Å². The van der Waals surface area contributed by atoms with Gasteiger partial charge in [-0.05, 0) is 30.5 Å². The lowest BCUT2D eigenvalue weighted by atomic mass is 9.98. The van der Waals surface area contributed by atoms with E-state index in [1.807, 2.05) is 0 Å². The van der Waals surface area contributed by atoms with Crippen molar-refractivity contribution in [1.29, 1.82) is 0 Å². The lowest BCUT2D eigenvalue weighted by Gasteiger charge is -2.05. The molecule has 1 aromatic rings. The van der Waals surface area contributed by atoms with Crippen molar-refractivity contribution >= 4 is 17.4 Å². The molecule has 0 amide bonds. The van der Waals surface area contributed by atoms with E-state index < -0.39 is 5.82 Å². The first-order chi connectivity index (χ1) is 7.65. The Balaban J connectivity index is 2.27. The smallest absolute Gasteiger partial charge is 0.166 e.